The molecule has 2 aromatic rings. The second-order valence-electron chi connectivity index (χ2n) is 7.62. The van der Waals surface area contributed by atoms with Gasteiger partial charge < -0.3 is 10.1 Å². The number of ether oxygens (including phenoxy) is 1. The van der Waals surface area contributed by atoms with Crippen LogP contribution in [0.1, 0.15) is 30.5 Å². The molecule has 1 atom stereocenters. The SMILES string of the molecule is N#Cc1cnc(OCC23CC(CNCc4cccc(F)c4F)C(C2)C3)cn1. The van der Waals surface area contributed by atoms with E-state index in [-0.39, 0.29) is 11.1 Å². The molecule has 0 spiro atoms. The summed E-state index contributed by atoms with van der Waals surface area (Å²) in [5.41, 5.74) is 0.806. The van der Waals surface area contributed by atoms with E-state index < -0.39 is 11.6 Å². The van der Waals surface area contributed by atoms with Gasteiger partial charge in [0.25, 0.3) is 0 Å². The number of fused-ring (bicyclic) bond motifs is 1. The third-order valence-corrected chi connectivity index (χ3v) is 5.77. The minimum Gasteiger partial charge on any atom is -0.476 e. The zero-order valence-electron chi connectivity index (χ0n) is 14.8. The molecule has 5 nitrogen and oxygen atoms in total. The molecule has 27 heavy (non-hydrogen) atoms. The van der Waals surface area contributed by atoms with Crippen molar-refractivity contribution < 1.29 is 13.5 Å². The lowest BCUT2D eigenvalue weighted by Crippen LogP contribution is -2.34. The van der Waals surface area contributed by atoms with Crippen molar-refractivity contribution >= 4 is 0 Å². The normalized spacial score (nSPS) is 25.7. The van der Waals surface area contributed by atoms with Gasteiger partial charge in [-0.15, -0.1) is 0 Å². The van der Waals surface area contributed by atoms with Crippen molar-refractivity contribution in [2.24, 2.45) is 17.3 Å². The Hall–Kier alpha value is -2.59. The Morgan fingerprint density at radius 1 is 1.22 bits per heavy atom. The summed E-state index contributed by atoms with van der Waals surface area (Å²) in [7, 11) is 0. The first-order valence-electron chi connectivity index (χ1n) is 9.07. The Morgan fingerprint density at radius 2 is 2.07 bits per heavy atom. The molecule has 3 aliphatic carbocycles. The van der Waals surface area contributed by atoms with Crippen molar-refractivity contribution in [1.29, 1.82) is 5.26 Å². The molecule has 3 saturated carbocycles. The van der Waals surface area contributed by atoms with E-state index in [9.17, 15) is 8.78 Å². The van der Waals surface area contributed by atoms with Crippen LogP contribution >= 0.6 is 0 Å². The molecular weight excluding hydrogens is 350 g/mol. The van der Waals surface area contributed by atoms with E-state index in [1.165, 1.54) is 18.5 Å². The molecule has 1 aromatic carbocycles. The summed E-state index contributed by atoms with van der Waals surface area (Å²) < 4.78 is 32.7. The fourth-order valence-electron chi connectivity index (χ4n) is 4.44. The lowest BCUT2D eigenvalue weighted by atomic mass is 9.70. The van der Waals surface area contributed by atoms with Crippen LogP contribution in [0, 0.1) is 40.2 Å². The van der Waals surface area contributed by atoms with Crippen molar-refractivity contribution in [3.63, 3.8) is 0 Å². The van der Waals surface area contributed by atoms with Gasteiger partial charge in [0.15, 0.2) is 17.3 Å². The molecule has 1 aromatic heterocycles. The molecule has 0 radical (unpaired) electrons. The Morgan fingerprint density at radius 3 is 2.81 bits per heavy atom. The van der Waals surface area contributed by atoms with Crippen LogP contribution in [-0.4, -0.2) is 23.1 Å². The molecule has 2 bridgehead atoms. The summed E-state index contributed by atoms with van der Waals surface area (Å²) in [4.78, 5) is 8.05. The van der Waals surface area contributed by atoms with Crippen molar-refractivity contribution in [2.45, 2.75) is 25.8 Å². The van der Waals surface area contributed by atoms with Crippen LogP contribution in [0.5, 0.6) is 5.88 Å². The fraction of sp³-hybridized carbons (Fsp3) is 0.450. The highest BCUT2D eigenvalue weighted by atomic mass is 19.2. The number of nitrogens with one attached hydrogen (secondary N) is 1. The van der Waals surface area contributed by atoms with Crippen molar-refractivity contribution in [3.05, 3.63) is 53.5 Å². The number of aromatic nitrogens is 2. The van der Waals surface area contributed by atoms with E-state index >= 15 is 0 Å². The maximum absolute atomic E-state index is 13.7. The van der Waals surface area contributed by atoms with Gasteiger partial charge in [0, 0.05) is 17.5 Å². The lowest BCUT2D eigenvalue weighted by Gasteiger charge is -2.38. The Labute approximate surface area is 156 Å². The van der Waals surface area contributed by atoms with E-state index in [4.69, 9.17) is 10.00 Å². The average Bonchev–Trinajstić information content (AvgIpc) is 3.18. The lowest BCUT2D eigenvalue weighted by molar-refractivity contribution is 0.0646. The predicted molar refractivity (Wildman–Crippen MR) is 93.6 cm³/mol. The van der Waals surface area contributed by atoms with Crippen LogP contribution in [0.4, 0.5) is 8.78 Å². The monoisotopic (exact) mass is 370 g/mol. The van der Waals surface area contributed by atoms with Crippen LogP contribution in [-0.2, 0) is 6.54 Å². The van der Waals surface area contributed by atoms with Gasteiger partial charge in [-0.25, -0.2) is 18.7 Å². The molecular formula is C20H20F2N4O. The van der Waals surface area contributed by atoms with E-state index in [0.29, 0.717) is 36.4 Å². The number of hydrogen-bond donors (Lipinski definition) is 1. The van der Waals surface area contributed by atoms with Gasteiger partial charge in [0.05, 0.1) is 19.0 Å². The highest BCUT2D eigenvalue weighted by molar-refractivity contribution is 5.19. The summed E-state index contributed by atoms with van der Waals surface area (Å²) in [5, 5.41) is 12.0. The van der Waals surface area contributed by atoms with Crippen LogP contribution in [0.3, 0.4) is 0 Å². The Kier molecular flexibility index (Phi) is 4.75. The number of nitrogens with zero attached hydrogens (tertiary/aromatic N) is 3. The molecule has 7 heteroatoms. The van der Waals surface area contributed by atoms with Gasteiger partial charge in [0.1, 0.15) is 6.07 Å². The van der Waals surface area contributed by atoms with Crippen molar-refractivity contribution in [3.8, 4) is 11.9 Å². The largest absolute Gasteiger partial charge is 0.476 e. The zero-order valence-corrected chi connectivity index (χ0v) is 14.8. The average molecular weight is 370 g/mol. The van der Waals surface area contributed by atoms with Gasteiger partial charge in [-0.3, -0.25) is 0 Å². The quantitative estimate of drug-likeness (QED) is 0.810. The fourth-order valence-corrected chi connectivity index (χ4v) is 4.44. The number of hydrogen-bond acceptors (Lipinski definition) is 5. The third-order valence-electron chi connectivity index (χ3n) is 5.77. The first-order chi connectivity index (χ1) is 13.1. The standard InChI is InChI=1S/C20H20F2N4O/c21-17-3-1-2-13(19(17)22)8-24-9-15-6-20(4-14(15)5-20)12-27-18-11-25-16(7-23)10-26-18/h1-3,10-11,14-15,24H,4-6,8-9,12H2. The van der Waals surface area contributed by atoms with Gasteiger partial charge in [0.2, 0.25) is 5.88 Å². The van der Waals surface area contributed by atoms with Crippen LogP contribution in [0.2, 0.25) is 0 Å². The topological polar surface area (TPSA) is 70.8 Å². The number of benzene rings is 1. The molecule has 0 amide bonds. The van der Waals surface area contributed by atoms with E-state index in [0.717, 1.165) is 31.9 Å². The highest BCUT2D eigenvalue weighted by Crippen LogP contribution is 2.61. The van der Waals surface area contributed by atoms with E-state index in [2.05, 4.69) is 15.3 Å². The summed E-state index contributed by atoms with van der Waals surface area (Å²) in [6, 6.07) is 6.19. The smallest absolute Gasteiger partial charge is 0.232 e. The van der Waals surface area contributed by atoms with Crippen LogP contribution in [0.15, 0.2) is 30.6 Å². The predicted octanol–water partition coefficient (Wildman–Crippen LogP) is 3.21. The molecule has 1 heterocycles. The molecule has 3 aliphatic rings. The molecule has 1 N–H and O–H groups in total. The first-order valence-corrected chi connectivity index (χ1v) is 9.07. The Balaban J connectivity index is 1.25. The maximum Gasteiger partial charge on any atom is 0.232 e. The summed E-state index contributed by atoms with van der Waals surface area (Å²) >= 11 is 0. The molecule has 140 valence electrons. The molecule has 5 rings (SSSR count). The number of nitriles is 1. The zero-order chi connectivity index (χ0) is 18.9. The van der Waals surface area contributed by atoms with Crippen molar-refractivity contribution in [1.82, 2.24) is 15.3 Å². The minimum atomic E-state index is -0.806. The molecule has 0 saturated heterocycles. The minimum absolute atomic E-state index is 0.177. The van der Waals surface area contributed by atoms with E-state index in [1.54, 1.807) is 6.07 Å². The number of halogens is 2. The second-order valence-corrected chi connectivity index (χ2v) is 7.62. The molecule has 0 aliphatic heterocycles. The maximum atomic E-state index is 13.7. The van der Waals surface area contributed by atoms with Crippen LogP contribution in [0.25, 0.3) is 0 Å². The van der Waals surface area contributed by atoms with Gasteiger partial charge in [-0.1, -0.05) is 12.1 Å². The third kappa shape index (κ3) is 3.62. The second kappa shape index (κ2) is 7.20. The first kappa shape index (κ1) is 17.8. The summed E-state index contributed by atoms with van der Waals surface area (Å²) in [6.45, 7) is 1.72. The van der Waals surface area contributed by atoms with Gasteiger partial charge >= 0.3 is 0 Å². The van der Waals surface area contributed by atoms with E-state index in [1.807, 2.05) is 6.07 Å². The van der Waals surface area contributed by atoms with Gasteiger partial charge in [-0.05, 0) is 43.7 Å². The van der Waals surface area contributed by atoms with Crippen LogP contribution < -0.4 is 10.1 Å². The summed E-state index contributed by atoms with van der Waals surface area (Å²) in [6.07, 6.45) is 6.19. The molecule has 1 unspecified atom stereocenters. The Bertz CT molecular complexity index is 859. The molecule has 3 fully saturated rings. The van der Waals surface area contributed by atoms with Crippen molar-refractivity contribution in [2.75, 3.05) is 13.2 Å². The highest BCUT2D eigenvalue weighted by Gasteiger charge is 2.55. The number of rotatable bonds is 7. The van der Waals surface area contributed by atoms with Gasteiger partial charge in [-0.2, -0.15) is 5.26 Å². The summed E-state index contributed by atoms with van der Waals surface area (Å²) in [5.74, 6) is 0.0475.